The van der Waals surface area contributed by atoms with Gasteiger partial charge in [-0.25, -0.2) is 0 Å². The van der Waals surface area contributed by atoms with Gasteiger partial charge in [-0.3, -0.25) is 0 Å². The van der Waals surface area contributed by atoms with E-state index in [9.17, 15) is 0 Å². The summed E-state index contributed by atoms with van der Waals surface area (Å²) in [5.74, 6) is 0. The minimum absolute atomic E-state index is 1.11. The lowest BCUT2D eigenvalue weighted by Gasteiger charge is -2.26. The Hall–Kier alpha value is -14.3. The number of rotatable bonds is 15. The molecule has 0 fully saturated rings. The second-order valence-electron chi connectivity index (χ2n) is 29.2. The molecule has 114 heavy (non-hydrogen) atoms. The minimum Gasteiger partial charge on any atom is -0.311 e. The van der Waals surface area contributed by atoms with Crippen molar-refractivity contribution in [2.24, 2.45) is 0 Å². The van der Waals surface area contributed by atoms with Crippen LogP contribution in [0.2, 0.25) is 0 Å². The molecule has 4 heteroatoms. The van der Waals surface area contributed by atoms with E-state index in [1.54, 1.807) is 0 Å². The molecule has 0 atom stereocenters. The van der Waals surface area contributed by atoms with Gasteiger partial charge in [0, 0.05) is 53.3 Å². The van der Waals surface area contributed by atoms with Crippen LogP contribution in [0.4, 0.5) is 34.1 Å². The Labute approximate surface area is 672 Å². The number of fused-ring (bicyclic) bond motifs is 6. The summed E-state index contributed by atoms with van der Waals surface area (Å²) >= 11 is 3.69. The van der Waals surface area contributed by atoms with Gasteiger partial charge in [-0.2, -0.15) is 0 Å². The summed E-state index contributed by atoms with van der Waals surface area (Å²) in [5.41, 5.74) is 26.0. The first kappa shape index (κ1) is 69.0. The minimum atomic E-state index is 1.11. The zero-order valence-corrected chi connectivity index (χ0v) is 64.1. The van der Waals surface area contributed by atoms with Crippen molar-refractivity contribution in [3.05, 3.63) is 449 Å². The van der Waals surface area contributed by atoms with Gasteiger partial charge < -0.3 is 9.80 Å². The van der Waals surface area contributed by atoms with E-state index in [1.165, 1.54) is 162 Å². The fraction of sp³-hybridized carbons (Fsp3) is 0. The highest BCUT2D eigenvalue weighted by atomic mass is 32.1. The Morgan fingerprint density at radius 1 is 0.123 bits per heavy atom. The number of hydrogen-bond acceptors (Lipinski definition) is 4. The van der Waals surface area contributed by atoms with E-state index >= 15 is 0 Å². The van der Waals surface area contributed by atoms with E-state index in [4.69, 9.17) is 0 Å². The molecular weight excluding hydrogens is 1410 g/mol. The van der Waals surface area contributed by atoms with Crippen LogP contribution in [0.25, 0.3) is 162 Å². The van der Waals surface area contributed by atoms with Gasteiger partial charge >= 0.3 is 0 Å². The van der Waals surface area contributed by atoms with E-state index in [0.29, 0.717) is 0 Å². The molecule has 0 aliphatic rings. The summed E-state index contributed by atoms with van der Waals surface area (Å²) in [6, 6.07) is 163. The van der Waals surface area contributed by atoms with Crippen LogP contribution >= 0.6 is 22.7 Å². The third-order valence-corrected chi connectivity index (χ3v) is 24.5. The molecule has 0 aliphatic heterocycles. The van der Waals surface area contributed by atoms with Crippen LogP contribution in [0, 0.1) is 0 Å². The maximum Gasteiger partial charge on any atom is 0.0462 e. The highest BCUT2D eigenvalue weighted by Gasteiger charge is 2.19. The molecule has 2 nitrogen and oxygen atoms in total. The molecular formula is C110H74N2S2. The van der Waals surface area contributed by atoms with Crippen LogP contribution in [0.5, 0.6) is 0 Å². The van der Waals surface area contributed by atoms with E-state index in [1.807, 2.05) is 22.7 Å². The Morgan fingerprint density at radius 3 is 0.509 bits per heavy atom. The van der Waals surface area contributed by atoms with Crippen LogP contribution in [-0.2, 0) is 0 Å². The summed E-state index contributed by atoms with van der Waals surface area (Å²) in [4.78, 5) is 7.27. The fourth-order valence-corrected chi connectivity index (χ4v) is 18.1. The molecule has 0 unspecified atom stereocenters. The molecule has 0 radical (unpaired) electrons. The largest absolute Gasteiger partial charge is 0.311 e. The maximum atomic E-state index is 2.36. The third-order valence-electron chi connectivity index (χ3n) is 22.2. The van der Waals surface area contributed by atoms with Crippen molar-refractivity contribution in [3.63, 3.8) is 0 Å². The highest BCUT2D eigenvalue weighted by Crippen LogP contribution is 2.44. The monoisotopic (exact) mass is 1490 g/mol. The van der Waals surface area contributed by atoms with Crippen LogP contribution in [-0.4, -0.2) is 0 Å². The van der Waals surface area contributed by atoms with Crippen LogP contribution in [0.1, 0.15) is 0 Å². The Morgan fingerprint density at radius 2 is 0.289 bits per heavy atom. The Bertz CT molecular complexity index is 6790. The molecule has 0 aliphatic carbocycles. The molecule has 19 aromatic carbocycles. The maximum absolute atomic E-state index is 2.36. The molecule has 21 rings (SSSR count). The first-order chi connectivity index (χ1) is 56.4. The second-order valence-corrected chi connectivity index (χ2v) is 31.4. The van der Waals surface area contributed by atoms with Crippen molar-refractivity contribution in [3.8, 4) is 98.8 Å². The quantitative estimate of drug-likeness (QED) is 0.101. The summed E-state index contributed by atoms with van der Waals surface area (Å²) in [5, 5.41) is 12.7. The van der Waals surface area contributed by atoms with Gasteiger partial charge in [0.05, 0.1) is 0 Å². The highest BCUT2D eigenvalue weighted by molar-refractivity contribution is 7.22. The molecule has 0 saturated heterocycles. The fourth-order valence-electron chi connectivity index (χ4n) is 15.9. The van der Waals surface area contributed by atoms with E-state index in [2.05, 4.69) is 459 Å². The van der Waals surface area contributed by atoms with Crippen LogP contribution < -0.4 is 9.80 Å². The summed E-state index contributed by atoms with van der Waals surface area (Å²) in [6.07, 6.45) is 0. The standard InChI is InChI=1S/C58H39NS.C52H35NS/c1-3-9-49-37-51(23-21-40(49)7-1)46-17-13-42(14-18-46)44-25-31-54(32-26-44)59(56-35-29-48(30-36-56)58-39-53-11-5-6-12-57(53)60-58)55-33-27-45(28-34-55)43-15-19-47(20-16-43)52-24-22-41-8-2-4-10-50(41)38-52;1-3-9-43-33-45(19-17-36(43)7-1)40-15-13-38(14-16-40)39-21-27-48(28-22-39)53(50-31-25-42(26-32-50)52-35-47-11-5-6-12-51(47)54-52)49-29-23-41(24-30-49)46-20-18-37-8-2-4-10-44(37)34-46/h1-39H;1-35H. The normalized spacial score (nSPS) is 11.3. The van der Waals surface area contributed by atoms with Crippen molar-refractivity contribution < 1.29 is 0 Å². The molecule has 0 bridgehead atoms. The summed E-state index contributed by atoms with van der Waals surface area (Å²) < 4.78 is 2.62. The number of hydrogen-bond donors (Lipinski definition) is 0. The predicted octanol–water partition coefficient (Wildman–Crippen LogP) is 32.4. The van der Waals surface area contributed by atoms with Gasteiger partial charge in [0.25, 0.3) is 0 Å². The molecule has 21 aromatic rings. The number of benzene rings is 19. The summed E-state index contributed by atoms with van der Waals surface area (Å²) in [6.45, 7) is 0. The summed E-state index contributed by atoms with van der Waals surface area (Å²) in [7, 11) is 0. The van der Waals surface area contributed by atoms with Crippen molar-refractivity contribution in [2.45, 2.75) is 0 Å². The Balaban J connectivity index is 0.000000149. The van der Waals surface area contributed by atoms with Crippen LogP contribution in [0.3, 0.4) is 0 Å². The van der Waals surface area contributed by atoms with Gasteiger partial charge in [-0.05, 0) is 264 Å². The molecule has 2 heterocycles. The van der Waals surface area contributed by atoms with E-state index in [-0.39, 0.29) is 0 Å². The Kier molecular flexibility index (Phi) is 18.5. The smallest absolute Gasteiger partial charge is 0.0462 e. The first-order valence-electron chi connectivity index (χ1n) is 38.9. The topological polar surface area (TPSA) is 6.48 Å². The number of nitrogens with zero attached hydrogens (tertiary/aromatic N) is 2. The van der Waals surface area contributed by atoms with Gasteiger partial charge in [-0.15, -0.1) is 22.7 Å². The lowest BCUT2D eigenvalue weighted by Crippen LogP contribution is -2.09. The van der Waals surface area contributed by atoms with Crippen LogP contribution in [0.15, 0.2) is 449 Å². The lowest BCUT2D eigenvalue weighted by molar-refractivity contribution is 1.28. The molecule has 0 N–H and O–H groups in total. The van der Waals surface area contributed by atoms with E-state index < -0.39 is 0 Å². The number of thiophene rings is 2. The second kappa shape index (κ2) is 30.5. The molecule has 2 aromatic heterocycles. The molecule has 0 saturated carbocycles. The van der Waals surface area contributed by atoms with Crippen molar-refractivity contribution in [2.75, 3.05) is 9.80 Å². The molecule has 536 valence electrons. The predicted molar refractivity (Wildman–Crippen MR) is 492 cm³/mol. The van der Waals surface area contributed by atoms with Crippen molar-refractivity contribution >= 4 is 120 Å². The average molecular weight is 1490 g/mol. The van der Waals surface area contributed by atoms with Gasteiger partial charge in [-0.1, -0.05) is 328 Å². The van der Waals surface area contributed by atoms with Crippen molar-refractivity contribution in [1.29, 1.82) is 0 Å². The molecule has 0 spiro atoms. The van der Waals surface area contributed by atoms with E-state index in [0.717, 1.165) is 34.1 Å². The lowest BCUT2D eigenvalue weighted by atomic mass is 9.98. The molecule has 0 amide bonds. The SMILES string of the molecule is c1ccc2cc(-c3ccc(-c4ccc(N(c5ccc(-c6ccc(-c7ccc8ccccc8c7)cc6)cc5)c5ccc(-c6cc7ccccc7s6)cc5)cc4)cc3)ccc2c1.c1ccc2cc(-c3ccc(-c4ccc(N(c5ccc(-c6ccc7ccccc7c6)cc5)c5ccc(-c6cc7ccccc7s6)cc5)cc4)cc3)ccc2c1. The zero-order chi connectivity index (χ0) is 75.7. The average Bonchev–Trinajstić information content (AvgIpc) is 1.66. The third kappa shape index (κ3) is 14.2. The van der Waals surface area contributed by atoms with Gasteiger partial charge in [0.15, 0.2) is 0 Å². The van der Waals surface area contributed by atoms with Gasteiger partial charge in [0.2, 0.25) is 0 Å². The zero-order valence-electron chi connectivity index (χ0n) is 62.4. The van der Waals surface area contributed by atoms with Crippen molar-refractivity contribution in [1.82, 2.24) is 0 Å². The number of anilines is 6. The van der Waals surface area contributed by atoms with Gasteiger partial charge in [0.1, 0.15) is 0 Å². The first-order valence-corrected chi connectivity index (χ1v) is 40.5.